The number of hydrogen-bond acceptors (Lipinski definition) is 1. The van der Waals surface area contributed by atoms with E-state index in [9.17, 15) is 0 Å². The van der Waals surface area contributed by atoms with Crippen LogP contribution in [0.15, 0.2) is 48.6 Å². The predicted molar refractivity (Wildman–Crippen MR) is 54.4 cm³/mol. The first kappa shape index (κ1) is 4.05. The van der Waals surface area contributed by atoms with Crippen LogP contribution in [0.25, 0.3) is 11.3 Å². The zero-order chi connectivity index (χ0) is 13.3. The molecule has 1 heterocycles. The lowest BCUT2D eigenvalue weighted by molar-refractivity contribution is 1.27. The van der Waals surface area contributed by atoms with Crippen LogP contribution in [0.3, 0.4) is 0 Å². The molecule has 1 nitrogen and oxygen atoms in total. The minimum Gasteiger partial charge on any atom is -0.256 e. The van der Waals surface area contributed by atoms with Crippen molar-refractivity contribution in [3.8, 4) is 11.3 Å². The molecule has 0 bridgehead atoms. The molecule has 0 aliphatic rings. The highest BCUT2D eigenvalue weighted by molar-refractivity contribution is 5.58. The first-order valence-corrected chi connectivity index (χ1v) is 3.93. The van der Waals surface area contributed by atoms with Crippen LogP contribution in [0, 0.1) is 6.85 Å². The zero-order valence-electron chi connectivity index (χ0n) is 11.9. The van der Waals surface area contributed by atoms with Gasteiger partial charge in [-0.05, 0) is 18.5 Å². The minimum atomic E-state index is -2.41. The first-order valence-electron chi connectivity index (χ1n) is 6.43. The number of pyridine rings is 1. The number of nitrogens with zero attached hydrogens (tertiary/aromatic N) is 1. The van der Waals surface area contributed by atoms with E-state index in [-0.39, 0.29) is 17.6 Å². The Morgan fingerprint density at radius 1 is 1.23 bits per heavy atom. The van der Waals surface area contributed by atoms with Gasteiger partial charge >= 0.3 is 0 Å². The van der Waals surface area contributed by atoms with Crippen LogP contribution in [0.1, 0.15) is 12.4 Å². The van der Waals surface area contributed by atoms with Gasteiger partial charge in [0, 0.05) is 15.9 Å². The van der Waals surface area contributed by atoms with Crippen molar-refractivity contribution in [2.45, 2.75) is 6.85 Å². The quantitative estimate of drug-likeness (QED) is 0.647. The van der Waals surface area contributed by atoms with E-state index >= 15 is 0 Å². The fraction of sp³-hybridized carbons (Fsp3) is 0.0833. The largest absolute Gasteiger partial charge is 0.256 e. The van der Waals surface area contributed by atoms with Gasteiger partial charge in [0.2, 0.25) is 0 Å². The van der Waals surface area contributed by atoms with Crippen molar-refractivity contribution >= 4 is 0 Å². The van der Waals surface area contributed by atoms with Gasteiger partial charge in [-0.2, -0.15) is 0 Å². The van der Waals surface area contributed by atoms with Crippen LogP contribution in [-0.4, -0.2) is 4.98 Å². The van der Waals surface area contributed by atoms with Crippen LogP contribution in [0.5, 0.6) is 0 Å². The van der Waals surface area contributed by atoms with Gasteiger partial charge in [-0.1, -0.05) is 36.4 Å². The van der Waals surface area contributed by atoms with Gasteiger partial charge in [0.15, 0.2) is 0 Å². The van der Waals surface area contributed by atoms with Crippen molar-refractivity contribution in [1.82, 2.24) is 4.98 Å². The van der Waals surface area contributed by atoms with Gasteiger partial charge in [-0.25, -0.2) is 0 Å². The zero-order valence-corrected chi connectivity index (χ0v) is 6.91. The number of rotatable bonds is 1. The fourth-order valence-electron chi connectivity index (χ4n) is 1.06. The third-order valence-corrected chi connectivity index (χ3v) is 1.69. The van der Waals surface area contributed by atoms with Crippen LogP contribution >= 0.6 is 0 Å². The maximum Gasteiger partial charge on any atom is 0.0702 e. The molecule has 0 saturated heterocycles. The maximum absolute atomic E-state index is 7.85. The number of aryl methyl sites for hydroxylation is 1. The highest BCUT2D eigenvalue weighted by Crippen LogP contribution is 2.15. The topological polar surface area (TPSA) is 12.9 Å². The molecular formula is C12H11N. The lowest BCUT2D eigenvalue weighted by Gasteiger charge is -1.99. The summed E-state index contributed by atoms with van der Waals surface area (Å²) in [6.07, 6.45) is 1.16. The molecule has 0 fully saturated rings. The van der Waals surface area contributed by atoms with Gasteiger partial charge in [0.25, 0.3) is 0 Å². The standard InChI is InChI=1S/C12H11N/c1-10-7-8-12(13-9-10)11-5-3-2-4-6-11/h2-9H,1H3/i1D3,7D,8D. The summed E-state index contributed by atoms with van der Waals surface area (Å²) < 4.78 is 37.4. The average molecular weight is 174 g/mol. The van der Waals surface area contributed by atoms with Gasteiger partial charge < -0.3 is 0 Å². The highest BCUT2D eigenvalue weighted by Gasteiger charge is 1.95. The van der Waals surface area contributed by atoms with Crippen molar-refractivity contribution in [3.05, 3.63) is 54.2 Å². The van der Waals surface area contributed by atoms with Gasteiger partial charge in [0.1, 0.15) is 0 Å². The molecule has 2 rings (SSSR count). The summed E-state index contributed by atoms with van der Waals surface area (Å²) in [7, 11) is 0. The molecule has 1 aromatic carbocycles. The summed E-state index contributed by atoms with van der Waals surface area (Å²) >= 11 is 0. The molecule has 0 amide bonds. The Bertz CT molecular complexity index is 563. The lowest BCUT2D eigenvalue weighted by Crippen LogP contribution is -1.82. The second kappa shape index (κ2) is 3.40. The molecule has 2 aromatic rings. The summed E-state index contributed by atoms with van der Waals surface area (Å²) in [5.74, 6) is 0. The van der Waals surface area contributed by atoms with Crippen molar-refractivity contribution in [1.29, 1.82) is 0 Å². The molecule has 0 radical (unpaired) electrons. The molecule has 0 aliphatic carbocycles. The van der Waals surface area contributed by atoms with Gasteiger partial charge in [0.05, 0.1) is 8.44 Å². The van der Waals surface area contributed by atoms with E-state index in [4.69, 9.17) is 6.85 Å². The monoisotopic (exact) mass is 174 g/mol. The van der Waals surface area contributed by atoms with E-state index in [1.54, 1.807) is 24.3 Å². The predicted octanol–water partition coefficient (Wildman–Crippen LogP) is 3.06. The third kappa shape index (κ3) is 1.75. The summed E-state index contributed by atoms with van der Waals surface area (Å²) in [5.41, 5.74) is 0.842. The molecule has 0 aliphatic heterocycles. The van der Waals surface area contributed by atoms with Gasteiger partial charge in [-0.3, -0.25) is 4.98 Å². The van der Waals surface area contributed by atoms with E-state index in [1.165, 1.54) is 0 Å². The first-order chi connectivity index (χ1) is 8.41. The molecule has 0 saturated carbocycles. The fourth-order valence-corrected chi connectivity index (χ4v) is 1.06. The van der Waals surface area contributed by atoms with Crippen molar-refractivity contribution in [2.75, 3.05) is 0 Å². The molecule has 64 valence electrons. The molecule has 1 aromatic heterocycles. The Balaban J connectivity index is 2.58. The van der Waals surface area contributed by atoms with E-state index in [0.29, 0.717) is 11.3 Å². The molecule has 13 heavy (non-hydrogen) atoms. The van der Waals surface area contributed by atoms with Crippen molar-refractivity contribution < 1.29 is 6.85 Å². The average Bonchev–Trinajstić information content (AvgIpc) is 2.32. The normalized spacial score (nSPS) is 16.5. The summed E-state index contributed by atoms with van der Waals surface area (Å²) in [6, 6.07) is 8.55. The van der Waals surface area contributed by atoms with E-state index in [1.807, 2.05) is 6.07 Å². The Kier molecular flexibility index (Phi) is 1.06. The second-order valence-electron chi connectivity index (χ2n) is 2.64. The molecule has 0 N–H and O–H groups in total. The van der Waals surface area contributed by atoms with Crippen LogP contribution in [0.2, 0.25) is 0 Å². The number of aromatic nitrogens is 1. The van der Waals surface area contributed by atoms with Crippen molar-refractivity contribution in [3.63, 3.8) is 0 Å². The minimum absolute atomic E-state index is 0.158. The van der Waals surface area contributed by atoms with E-state index in [0.717, 1.165) is 6.20 Å². The van der Waals surface area contributed by atoms with Crippen LogP contribution < -0.4 is 0 Å². The highest BCUT2D eigenvalue weighted by atomic mass is 14.7. The summed E-state index contributed by atoms with van der Waals surface area (Å²) in [6.45, 7) is -2.41. The number of hydrogen-bond donors (Lipinski definition) is 0. The molecule has 0 unspecified atom stereocenters. The smallest absolute Gasteiger partial charge is 0.0702 e. The molecular weight excluding hydrogens is 158 g/mol. The summed E-state index contributed by atoms with van der Waals surface area (Å²) in [4.78, 5) is 4.01. The SMILES string of the molecule is [2H]c1c(C([2H])([2H])[2H])cnc(-c2ccccc2)c1[2H]. The van der Waals surface area contributed by atoms with Crippen LogP contribution in [0.4, 0.5) is 0 Å². The Morgan fingerprint density at radius 2 is 2.08 bits per heavy atom. The maximum atomic E-state index is 7.85. The van der Waals surface area contributed by atoms with Gasteiger partial charge in [-0.15, -0.1) is 0 Å². The lowest BCUT2D eigenvalue weighted by atomic mass is 10.1. The Morgan fingerprint density at radius 3 is 2.85 bits per heavy atom. The van der Waals surface area contributed by atoms with Crippen LogP contribution in [-0.2, 0) is 0 Å². The Hall–Kier alpha value is -1.63. The Labute approximate surface area is 85.1 Å². The second-order valence-corrected chi connectivity index (χ2v) is 2.64. The molecule has 0 spiro atoms. The van der Waals surface area contributed by atoms with Crippen molar-refractivity contribution in [2.24, 2.45) is 0 Å². The number of benzene rings is 1. The summed E-state index contributed by atoms with van der Waals surface area (Å²) in [5, 5.41) is 0. The molecule has 1 heteroatoms. The van der Waals surface area contributed by atoms with E-state index < -0.39 is 6.85 Å². The van der Waals surface area contributed by atoms with E-state index in [2.05, 4.69) is 4.98 Å². The molecule has 0 atom stereocenters. The third-order valence-electron chi connectivity index (χ3n) is 1.69.